The van der Waals surface area contributed by atoms with Gasteiger partial charge >= 0.3 is 0 Å². The molecule has 112 valence electrons. The van der Waals surface area contributed by atoms with E-state index in [0.717, 1.165) is 28.4 Å². The minimum Gasteiger partial charge on any atom is -0.495 e. The van der Waals surface area contributed by atoms with Crippen LogP contribution in [0.15, 0.2) is 18.2 Å². The molecule has 0 saturated heterocycles. The van der Waals surface area contributed by atoms with Crippen LogP contribution in [0.1, 0.15) is 27.6 Å². The Bertz CT molecular complexity index is 650. The van der Waals surface area contributed by atoms with Gasteiger partial charge in [0.15, 0.2) is 0 Å². The molecule has 0 unspecified atom stereocenters. The number of nitrogens with one attached hydrogen (secondary N) is 1. The Kier molecular flexibility index (Phi) is 4.96. The lowest BCUT2D eigenvalue weighted by molar-refractivity contribution is -0.116. The SMILES string of the molecule is COc1ccc(C)cc1NC(=O)CCc1sc(C)nc1C. The molecule has 1 N–H and O–H groups in total. The predicted molar refractivity (Wildman–Crippen MR) is 86.3 cm³/mol. The van der Waals surface area contributed by atoms with Crippen LogP contribution in [-0.2, 0) is 11.2 Å². The second-order valence-corrected chi connectivity index (χ2v) is 6.28. The van der Waals surface area contributed by atoms with E-state index in [-0.39, 0.29) is 5.91 Å². The minimum atomic E-state index is -0.00986. The molecule has 0 aliphatic rings. The van der Waals surface area contributed by atoms with Crippen molar-refractivity contribution in [2.45, 2.75) is 33.6 Å². The molecular formula is C16H20N2O2S. The molecule has 0 spiro atoms. The fourth-order valence-corrected chi connectivity index (χ4v) is 3.10. The van der Waals surface area contributed by atoms with Gasteiger partial charge < -0.3 is 10.1 Å². The van der Waals surface area contributed by atoms with Crippen LogP contribution in [0.5, 0.6) is 5.75 Å². The monoisotopic (exact) mass is 304 g/mol. The highest BCUT2D eigenvalue weighted by Gasteiger charge is 2.10. The van der Waals surface area contributed by atoms with Gasteiger partial charge in [-0.05, 0) is 44.9 Å². The largest absolute Gasteiger partial charge is 0.495 e. The zero-order valence-electron chi connectivity index (χ0n) is 12.8. The third kappa shape index (κ3) is 4.04. The van der Waals surface area contributed by atoms with Gasteiger partial charge in [0.25, 0.3) is 0 Å². The first-order chi connectivity index (χ1) is 9.99. The number of aryl methyl sites for hydroxylation is 4. The standard InChI is InChI=1S/C16H20N2O2S/c1-10-5-6-14(20-4)13(9-10)18-16(19)8-7-15-11(2)17-12(3)21-15/h5-6,9H,7-8H2,1-4H3,(H,18,19). The Morgan fingerprint density at radius 1 is 1.33 bits per heavy atom. The Hall–Kier alpha value is -1.88. The highest BCUT2D eigenvalue weighted by molar-refractivity contribution is 7.11. The number of hydrogen-bond donors (Lipinski definition) is 1. The smallest absolute Gasteiger partial charge is 0.224 e. The number of thiazole rings is 1. The molecule has 5 heteroatoms. The second kappa shape index (κ2) is 6.72. The number of carbonyl (C=O) groups is 1. The summed E-state index contributed by atoms with van der Waals surface area (Å²) < 4.78 is 5.26. The number of carbonyl (C=O) groups excluding carboxylic acids is 1. The number of nitrogens with zero attached hydrogens (tertiary/aromatic N) is 1. The van der Waals surface area contributed by atoms with Crippen molar-refractivity contribution in [2.24, 2.45) is 0 Å². The summed E-state index contributed by atoms with van der Waals surface area (Å²) in [7, 11) is 1.60. The second-order valence-electron chi connectivity index (χ2n) is 4.99. The van der Waals surface area contributed by atoms with E-state index in [1.807, 2.05) is 39.0 Å². The van der Waals surface area contributed by atoms with Gasteiger partial charge in [-0.15, -0.1) is 11.3 Å². The van der Waals surface area contributed by atoms with Gasteiger partial charge in [-0.3, -0.25) is 4.79 Å². The quantitative estimate of drug-likeness (QED) is 0.917. The molecule has 1 aromatic carbocycles. The maximum absolute atomic E-state index is 12.1. The van der Waals surface area contributed by atoms with Crippen LogP contribution in [0.4, 0.5) is 5.69 Å². The van der Waals surface area contributed by atoms with Crippen molar-refractivity contribution in [2.75, 3.05) is 12.4 Å². The molecule has 0 saturated carbocycles. The number of methoxy groups -OCH3 is 1. The zero-order valence-corrected chi connectivity index (χ0v) is 13.6. The maximum atomic E-state index is 12.1. The summed E-state index contributed by atoms with van der Waals surface area (Å²) in [6.45, 7) is 5.96. The van der Waals surface area contributed by atoms with Crippen LogP contribution in [-0.4, -0.2) is 18.0 Å². The lowest BCUT2D eigenvalue weighted by Gasteiger charge is -2.10. The van der Waals surface area contributed by atoms with E-state index in [2.05, 4.69) is 10.3 Å². The van der Waals surface area contributed by atoms with Crippen molar-refractivity contribution in [3.8, 4) is 5.75 Å². The Morgan fingerprint density at radius 3 is 2.71 bits per heavy atom. The topological polar surface area (TPSA) is 51.2 Å². The summed E-state index contributed by atoms with van der Waals surface area (Å²) in [6.07, 6.45) is 1.16. The number of rotatable bonds is 5. The fraction of sp³-hybridized carbons (Fsp3) is 0.375. The normalized spacial score (nSPS) is 10.5. The molecule has 0 atom stereocenters. The van der Waals surface area contributed by atoms with Crippen LogP contribution in [0.3, 0.4) is 0 Å². The van der Waals surface area contributed by atoms with E-state index < -0.39 is 0 Å². The molecule has 1 heterocycles. The van der Waals surface area contributed by atoms with Gasteiger partial charge in [-0.2, -0.15) is 0 Å². The van der Waals surface area contributed by atoms with E-state index in [1.54, 1.807) is 18.4 Å². The van der Waals surface area contributed by atoms with Crippen molar-refractivity contribution in [3.05, 3.63) is 39.3 Å². The predicted octanol–water partition coefficient (Wildman–Crippen LogP) is 3.65. The van der Waals surface area contributed by atoms with Crippen molar-refractivity contribution in [1.29, 1.82) is 0 Å². The zero-order chi connectivity index (χ0) is 15.4. The summed E-state index contributed by atoms with van der Waals surface area (Å²) in [4.78, 5) is 17.7. The minimum absolute atomic E-state index is 0.00986. The molecule has 21 heavy (non-hydrogen) atoms. The summed E-state index contributed by atoms with van der Waals surface area (Å²) in [5, 5.41) is 3.96. The van der Waals surface area contributed by atoms with E-state index in [9.17, 15) is 4.79 Å². The molecule has 1 amide bonds. The molecule has 0 radical (unpaired) electrons. The third-order valence-electron chi connectivity index (χ3n) is 3.21. The van der Waals surface area contributed by atoms with Gasteiger partial charge in [0.05, 0.1) is 23.5 Å². The number of benzene rings is 1. The van der Waals surface area contributed by atoms with Gasteiger partial charge in [0, 0.05) is 11.3 Å². The summed E-state index contributed by atoms with van der Waals surface area (Å²) >= 11 is 1.66. The van der Waals surface area contributed by atoms with E-state index >= 15 is 0 Å². The molecular weight excluding hydrogens is 284 g/mol. The van der Waals surface area contributed by atoms with Crippen LogP contribution in [0, 0.1) is 20.8 Å². The van der Waals surface area contributed by atoms with Gasteiger partial charge in [-0.25, -0.2) is 4.98 Å². The van der Waals surface area contributed by atoms with Crippen LogP contribution in [0.2, 0.25) is 0 Å². The molecule has 1 aromatic heterocycles. The lowest BCUT2D eigenvalue weighted by Crippen LogP contribution is -2.13. The highest BCUT2D eigenvalue weighted by atomic mass is 32.1. The molecule has 4 nitrogen and oxygen atoms in total. The number of aromatic nitrogens is 1. The van der Waals surface area contributed by atoms with Gasteiger partial charge in [0.1, 0.15) is 5.75 Å². The molecule has 2 aromatic rings. The molecule has 0 bridgehead atoms. The van der Waals surface area contributed by atoms with Crippen LogP contribution >= 0.6 is 11.3 Å². The average Bonchev–Trinajstić information content (AvgIpc) is 2.75. The lowest BCUT2D eigenvalue weighted by atomic mass is 10.2. The average molecular weight is 304 g/mol. The van der Waals surface area contributed by atoms with E-state index in [0.29, 0.717) is 12.2 Å². The van der Waals surface area contributed by atoms with Crippen LogP contribution < -0.4 is 10.1 Å². The van der Waals surface area contributed by atoms with Crippen molar-refractivity contribution >= 4 is 22.9 Å². The Labute approximate surface area is 129 Å². The first kappa shape index (κ1) is 15.5. The van der Waals surface area contributed by atoms with Gasteiger partial charge in [0.2, 0.25) is 5.91 Å². The number of hydrogen-bond acceptors (Lipinski definition) is 4. The highest BCUT2D eigenvalue weighted by Crippen LogP contribution is 2.25. The molecule has 2 rings (SSSR count). The molecule has 0 aliphatic carbocycles. The number of anilines is 1. The van der Waals surface area contributed by atoms with E-state index in [1.165, 1.54) is 4.88 Å². The van der Waals surface area contributed by atoms with Crippen molar-refractivity contribution < 1.29 is 9.53 Å². The van der Waals surface area contributed by atoms with Crippen molar-refractivity contribution in [3.63, 3.8) is 0 Å². The van der Waals surface area contributed by atoms with Crippen molar-refractivity contribution in [1.82, 2.24) is 4.98 Å². The first-order valence-corrected chi connectivity index (χ1v) is 7.68. The maximum Gasteiger partial charge on any atom is 0.224 e. The summed E-state index contributed by atoms with van der Waals surface area (Å²) in [6, 6.07) is 5.73. The molecule has 0 aliphatic heterocycles. The first-order valence-electron chi connectivity index (χ1n) is 6.87. The Morgan fingerprint density at radius 2 is 2.10 bits per heavy atom. The summed E-state index contributed by atoms with van der Waals surface area (Å²) in [5.41, 5.74) is 2.83. The Balaban J connectivity index is 1.99. The van der Waals surface area contributed by atoms with E-state index in [4.69, 9.17) is 4.74 Å². The van der Waals surface area contributed by atoms with Gasteiger partial charge in [-0.1, -0.05) is 6.07 Å². The number of ether oxygens (including phenoxy) is 1. The van der Waals surface area contributed by atoms with Crippen LogP contribution in [0.25, 0.3) is 0 Å². The molecule has 0 fully saturated rings. The fourth-order valence-electron chi connectivity index (χ4n) is 2.16. The third-order valence-corrected chi connectivity index (χ3v) is 4.34. The summed E-state index contributed by atoms with van der Waals surface area (Å²) in [5.74, 6) is 0.670. The number of amides is 1.